The van der Waals surface area contributed by atoms with Crippen molar-refractivity contribution in [2.75, 3.05) is 0 Å². The summed E-state index contributed by atoms with van der Waals surface area (Å²) >= 11 is 0. The van der Waals surface area contributed by atoms with Crippen molar-refractivity contribution < 1.29 is 0 Å². The summed E-state index contributed by atoms with van der Waals surface area (Å²) in [4.78, 5) is 0. The molecule has 0 heterocycles. The van der Waals surface area contributed by atoms with Crippen LogP contribution in [-0.4, -0.2) is 0 Å². The number of rotatable bonds is 3. The fourth-order valence-electron chi connectivity index (χ4n) is 8.45. The van der Waals surface area contributed by atoms with Gasteiger partial charge in [0.25, 0.3) is 0 Å². The van der Waals surface area contributed by atoms with Crippen molar-refractivity contribution in [1.82, 2.24) is 0 Å². The Hall–Kier alpha value is 0. The maximum Gasteiger partial charge on any atom is -0.00938 e. The van der Waals surface area contributed by atoms with Gasteiger partial charge >= 0.3 is 0 Å². The molecule has 0 aromatic rings. The van der Waals surface area contributed by atoms with E-state index in [0.717, 1.165) is 33.5 Å². The van der Waals surface area contributed by atoms with Gasteiger partial charge in [-0.2, -0.15) is 0 Å². The highest BCUT2D eigenvalue weighted by molar-refractivity contribution is 5.72. The first-order valence-corrected chi connectivity index (χ1v) is 7.12. The largest absolute Gasteiger partial charge is 0.0651 e. The van der Waals surface area contributed by atoms with E-state index in [0.29, 0.717) is 0 Å². The molecule has 5 rings (SSSR count). The Morgan fingerprint density at radius 2 is 2.00 bits per heavy atom. The Labute approximate surface area is 92.8 Å². The molecule has 0 aromatic carbocycles. The van der Waals surface area contributed by atoms with Crippen molar-refractivity contribution in [3.05, 3.63) is 0 Å². The van der Waals surface area contributed by atoms with Crippen molar-refractivity contribution in [1.29, 1.82) is 0 Å². The van der Waals surface area contributed by atoms with Crippen molar-refractivity contribution in [2.24, 2.45) is 45.3 Å². The zero-order valence-corrected chi connectivity index (χ0v) is 10.4. The zero-order chi connectivity index (χ0) is 10.4. The minimum absolute atomic E-state index is 0.857. The van der Waals surface area contributed by atoms with Crippen LogP contribution in [0.25, 0.3) is 0 Å². The van der Waals surface area contributed by atoms with Gasteiger partial charge in [-0.3, -0.25) is 0 Å². The van der Waals surface area contributed by atoms with Gasteiger partial charge in [0.05, 0.1) is 0 Å². The molecular weight excluding hydrogens is 180 g/mol. The van der Waals surface area contributed by atoms with Gasteiger partial charge in [0.2, 0.25) is 0 Å². The van der Waals surface area contributed by atoms with Crippen molar-refractivity contribution >= 4 is 0 Å². The summed E-state index contributed by atoms with van der Waals surface area (Å²) in [5.74, 6) is 4.60. The molecule has 0 bridgehead atoms. The van der Waals surface area contributed by atoms with Gasteiger partial charge in [-0.05, 0) is 58.2 Å². The van der Waals surface area contributed by atoms with Crippen LogP contribution in [-0.2, 0) is 0 Å². The second-order valence-electron chi connectivity index (χ2n) is 7.57. The van der Waals surface area contributed by atoms with Crippen LogP contribution in [0.1, 0.15) is 47.0 Å². The molecule has 5 saturated carbocycles. The van der Waals surface area contributed by atoms with E-state index in [9.17, 15) is 0 Å². The molecule has 8 unspecified atom stereocenters. The van der Waals surface area contributed by atoms with Crippen LogP contribution in [0.2, 0.25) is 0 Å². The lowest BCUT2D eigenvalue weighted by Gasteiger charge is -2.79. The Morgan fingerprint density at radius 1 is 1.27 bits per heavy atom. The first-order valence-electron chi connectivity index (χ1n) is 7.12. The summed E-state index contributed by atoms with van der Waals surface area (Å²) in [5, 5.41) is 0. The Bertz CT molecular complexity index is 400. The number of hydrogen-bond acceptors (Lipinski definition) is 0. The van der Waals surface area contributed by atoms with E-state index in [4.69, 9.17) is 0 Å². The minimum Gasteiger partial charge on any atom is -0.0651 e. The van der Waals surface area contributed by atoms with Gasteiger partial charge in [-0.1, -0.05) is 34.1 Å². The fourth-order valence-corrected chi connectivity index (χ4v) is 8.45. The molecular formula is C15H22. The van der Waals surface area contributed by atoms with Crippen LogP contribution in [0.3, 0.4) is 0 Å². The molecule has 5 aliphatic carbocycles. The quantitative estimate of drug-likeness (QED) is 0.654. The molecule has 0 aliphatic heterocycles. The third kappa shape index (κ3) is 0.323. The van der Waals surface area contributed by atoms with Crippen LogP contribution >= 0.6 is 0 Å². The van der Waals surface area contributed by atoms with E-state index in [-0.39, 0.29) is 0 Å². The molecule has 15 heavy (non-hydrogen) atoms. The molecule has 0 radical (unpaired) electrons. The monoisotopic (exact) mass is 202 g/mol. The molecule has 8 atom stereocenters. The highest BCUT2D eigenvalue weighted by atomic mass is 15.3. The van der Waals surface area contributed by atoms with Crippen LogP contribution in [0.4, 0.5) is 0 Å². The second kappa shape index (κ2) is 1.56. The Kier molecular flexibility index (Phi) is 0.845. The molecule has 0 nitrogen and oxygen atoms in total. The third-order valence-electron chi connectivity index (χ3n) is 8.71. The summed E-state index contributed by atoms with van der Waals surface area (Å²) in [6.07, 6.45) is 4.55. The molecule has 5 aliphatic rings. The summed E-state index contributed by atoms with van der Waals surface area (Å²) in [6, 6.07) is 0. The summed E-state index contributed by atoms with van der Waals surface area (Å²) < 4.78 is 0. The number of hydrogen-bond donors (Lipinski definition) is 0. The van der Waals surface area contributed by atoms with Crippen LogP contribution in [0.5, 0.6) is 0 Å². The van der Waals surface area contributed by atoms with Gasteiger partial charge in [0, 0.05) is 0 Å². The zero-order valence-electron chi connectivity index (χ0n) is 10.4. The van der Waals surface area contributed by atoms with Gasteiger partial charge in [0.1, 0.15) is 0 Å². The van der Waals surface area contributed by atoms with Gasteiger partial charge < -0.3 is 0 Å². The van der Waals surface area contributed by atoms with Crippen molar-refractivity contribution in [2.45, 2.75) is 47.0 Å². The highest BCUT2D eigenvalue weighted by Crippen LogP contribution is 3.30. The van der Waals surface area contributed by atoms with E-state index < -0.39 is 0 Å². The molecule has 0 N–H and O–H groups in total. The van der Waals surface area contributed by atoms with E-state index >= 15 is 0 Å². The van der Waals surface area contributed by atoms with Crippen molar-refractivity contribution in [3.63, 3.8) is 0 Å². The van der Waals surface area contributed by atoms with Crippen LogP contribution in [0, 0.1) is 45.3 Å². The predicted octanol–water partition coefficient (Wildman–Crippen LogP) is 3.71. The van der Waals surface area contributed by atoms with Gasteiger partial charge in [-0.15, -0.1) is 0 Å². The van der Waals surface area contributed by atoms with E-state index in [1.54, 1.807) is 6.42 Å². The molecule has 0 amide bonds. The smallest absolute Gasteiger partial charge is 0.00938 e. The lowest BCUT2D eigenvalue weighted by molar-refractivity contribution is -0.325. The lowest BCUT2D eigenvalue weighted by atomic mass is 9.24. The lowest BCUT2D eigenvalue weighted by Crippen LogP contribution is -2.75. The second-order valence-corrected chi connectivity index (χ2v) is 7.57. The SMILES string of the molecule is CCC(C)C1C2C3(CC)CC45C1C24C35C. The first-order chi connectivity index (χ1) is 7.12. The topological polar surface area (TPSA) is 0 Å². The minimum atomic E-state index is 0.857. The fraction of sp³-hybridized carbons (Fsp3) is 1.00. The number of fused-ring (bicyclic) bond motifs is 1. The molecule has 0 aromatic heterocycles. The van der Waals surface area contributed by atoms with Crippen LogP contribution in [0.15, 0.2) is 0 Å². The van der Waals surface area contributed by atoms with Gasteiger partial charge in [0.15, 0.2) is 0 Å². The van der Waals surface area contributed by atoms with Crippen LogP contribution < -0.4 is 0 Å². The summed E-state index contributed by atoms with van der Waals surface area (Å²) in [7, 11) is 0. The Morgan fingerprint density at radius 3 is 2.47 bits per heavy atom. The average Bonchev–Trinajstić information content (AvgIpc) is 2.86. The van der Waals surface area contributed by atoms with E-state index in [1.807, 2.05) is 0 Å². The molecule has 82 valence electrons. The summed E-state index contributed by atoms with van der Waals surface area (Å²) in [6.45, 7) is 10.0. The average molecular weight is 202 g/mol. The van der Waals surface area contributed by atoms with E-state index in [2.05, 4.69) is 27.7 Å². The third-order valence-corrected chi connectivity index (χ3v) is 8.71. The molecule has 2 spiro atoms. The summed E-state index contributed by atoms with van der Waals surface area (Å²) in [5.41, 5.74) is 3.68. The predicted molar refractivity (Wildman–Crippen MR) is 60.2 cm³/mol. The maximum atomic E-state index is 2.64. The maximum absolute atomic E-state index is 2.64. The van der Waals surface area contributed by atoms with Crippen molar-refractivity contribution in [3.8, 4) is 0 Å². The van der Waals surface area contributed by atoms with E-state index in [1.165, 1.54) is 24.7 Å². The molecule has 5 fully saturated rings. The highest BCUT2D eigenvalue weighted by Gasteiger charge is 3.26. The molecule has 0 heteroatoms. The van der Waals surface area contributed by atoms with Gasteiger partial charge in [-0.25, -0.2) is 0 Å². The first kappa shape index (κ1) is 8.14. The standard InChI is InChI=1S/C15H22/c1-5-8(3)9-10-13(6-2)7-14-11(9)15(10,14)12(13,14)4/h8-11H,5-7H2,1-4H3. The Balaban J connectivity index is 1.59. The molecule has 0 saturated heterocycles. The normalized spacial score (nSPS) is 80.4.